The van der Waals surface area contributed by atoms with Crippen molar-refractivity contribution in [1.29, 1.82) is 0 Å². The van der Waals surface area contributed by atoms with Gasteiger partial charge in [0.05, 0.1) is 4.92 Å². The van der Waals surface area contributed by atoms with E-state index in [2.05, 4.69) is 4.90 Å². The maximum atomic E-state index is 12.2. The largest absolute Gasteiger partial charge is 0.444 e. The van der Waals surface area contributed by atoms with Crippen LogP contribution in [0.1, 0.15) is 33.3 Å². The molecule has 1 aromatic carbocycles. The third-order valence-corrected chi connectivity index (χ3v) is 3.98. The molecule has 0 bridgehead atoms. The number of rotatable bonds is 2. The Morgan fingerprint density at radius 2 is 2.00 bits per heavy atom. The molecule has 1 amide bonds. The van der Waals surface area contributed by atoms with Gasteiger partial charge in [0, 0.05) is 43.5 Å². The second-order valence-electron chi connectivity index (χ2n) is 7.20. The molecule has 0 spiro atoms. The van der Waals surface area contributed by atoms with E-state index in [1.165, 1.54) is 6.07 Å². The number of ether oxygens (including phenoxy) is 1. The molecule has 1 heterocycles. The van der Waals surface area contributed by atoms with E-state index in [1.807, 2.05) is 34.6 Å². The minimum atomic E-state index is -0.508. The first-order valence-electron chi connectivity index (χ1n) is 8.08. The third-order valence-electron chi connectivity index (χ3n) is 3.98. The summed E-state index contributed by atoms with van der Waals surface area (Å²) in [5, 5.41) is 10.9. The average Bonchev–Trinajstić information content (AvgIpc) is 2.45. The molecule has 1 fully saturated rings. The molecule has 1 atom stereocenters. The van der Waals surface area contributed by atoms with Crippen LogP contribution in [0.3, 0.4) is 0 Å². The van der Waals surface area contributed by atoms with Gasteiger partial charge in [-0.2, -0.15) is 0 Å². The molecule has 1 aliphatic heterocycles. The van der Waals surface area contributed by atoms with Crippen LogP contribution in [0.15, 0.2) is 18.2 Å². The Balaban J connectivity index is 2.09. The van der Waals surface area contributed by atoms with Gasteiger partial charge in [0.2, 0.25) is 0 Å². The number of hydrogen-bond acceptors (Lipinski definition) is 5. The number of hydrogen-bond donors (Lipinski definition) is 0. The number of nitrogens with zero attached hydrogens (tertiary/aromatic N) is 3. The van der Waals surface area contributed by atoms with Gasteiger partial charge in [-0.15, -0.1) is 0 Å². The lowest BCUT2D eigenvalue weighted by Crippen LogP contribution is -2.54. The van der Waals surface area contributed by atoms with Gasteiger partial charge in [-0.1, -0.05) is 0 Å². The molecule has 0 N–H and O–H groups in total. The maximum absolute atomic E-state index is 12.2. The van der Waals surface area contributed by atoms with Crippen LogP contribution in [0.5, 0.6) is 0 Å². The zero-order valence-electron chi connectivity index (χ0n) is 14.9. The fraction of sp³-hybridized carbons (Fsp3) is 0.588. The van der Waals surface area contributed by atoms with Crippen LogP contribution in [-0.2, 0) is 4.74 Å². The van der Waals surface area contributed by atoms with Crippen LogP contribution in [0, 0.1) is 17.0 Å². The lowest BCUT2D eigenvalue weighted by atomic mass is 10.1. The fourth-order valence-corrected chi connectivity index (χ4v) is 2.88. The number of piperazine rings is 1. The zero-order valence-corrected chi connectivity index (χ0v) is 14.9. The summed E-state index contributed by atoms with van der Waals surface area (Å²) in [6.45, 7) is 11.3. The zero-order chi connectivity index (χ0) is 18.1. The van der Waals surface area contributed by atoms with E-state index >= 15 is 0 Å². The van der Waals surface area contributed by atoms with E-state index < -0.39 is 5.60 Å². The molecule has 1 saturated heterocycles. The summed E-state index contributed by atoms with van der Waals surface area (Å²) in [6, 6.07) is 5.00. The maximum Gasteiger partial charge on any atom is 0.410 e. The van der Waals surface area contributed by atoms with Crippen molar-refractivity contribution in [3.05, 3.63) is 33.9 Å². The summed E-state index contributed by atoms with van der Waals surface area (Å²) in [7, 11) is 0. The Kier molecular flexibility index (Phi) is 5.01. The molecule has 0 radical (unpaired) electrons. The number of nitro groups is 1. The van der Waals surface area contributed by atoms with Crippen molar-refractivity contribution < 1.29 is 14.5 Å². The first kappa shape index (κ1) is 18.0. The summed E-state index contributed by atoms with van der Waals surface area (Å²) >= 11 is 0. The van der Waals surface area contributed by atoms with E-state index in [0.717, 1.165) is 11.3 Å². The third kappa shape index (κ3) is 4.15. The van der Waals surface area contributed by atoms with Crippen LogP contribution < -0.4 is 4.90 Å². The number of amides is 1. The number of nitro benzene ring substituents is 1. The van der Waals surface area contributed by atoms with Crippen molar-refractivity contribution in [3.63, 3.8) is 0 Å². The van der Waals surface area contributed by atoms with Gasteiger partial charge >= 0.3 is 6.09 Å². The molecule has 1 aliphatic rings. The Morgan fingerprint density at radius 1 is 1.33 bits per heavy atom. The molecular weight excluding hydrogens is 310 g/mol. The molecule has 7 heteroatoms. The Hall–Kier alpha value is -2.31. The summed E-state index contributed by atoms with van der Waals surface area (Å²) in [5.41, 5.74) is 1.42. The van der Waals surface area contributed by atoms with Gasteiger partial charge in [0.1, 0.15) is 5.60 Å². The lowest BCUT2D eigenvalue weighted by molar-refractivity contribution is -0.384. The van der Waals surface area contributed by atoms with Crippen molar-refractivity contribution >= 4 is 17.5 Å². The molecular formula is C17H25N3O4. The van der Waals surface area contributed by atoms with Crippen molar-refractivity contribution in [2.24, 2.45) is 0 Å². The first-order chi connectivity index (χ1) is 11.1. The molecule has 24 heavy (non-hydrogen) atoms. The standard InChI is InChI=1S/C17H25N3O4/c1-12-10-14(20(22)23)6-7-15(12)19-9-8-18(11-13(19)2)16(21)24-17(3,4)5/h6-7,10,13H,8-9,11H2,1-5H3/t13-/m0/s1. The van der Waals surface area contributed by atoms with Crippen LogP contribution >= 0.6 is 0 Å². The Bertz CT molecular complexity index is 639. The number of carbonyl (C=O) groups is 1. The lowest BCUT2D eigenvalue weighted by Gasteiger charge is -2.42. The molecule has 0 saturated carbocycles. The van der Waals surface area contributed by atoms with E-state index in [-0.39, 0.29) is 22.7 Å². The van der Waals surface area contributed by atoms with Crippen LogP contribution in [0.4, 0.5) is 16.2 Å². The average molecular weight is 335 g/mol. The minimum absolute atomic E-state index is 0.0938. The van der Waals surface area contributed by atoms with E-state index in [4.69, 9.17) is 4.74 Å². The monoisotopic (exact) mass is 335 g/mol. The van der Waals surface area contributed by atoms with Crippen LogP contribution in [-0.4, -0.2) is 47.2 Å². The van der Waals surface area contributed by atoms with E-state index in [9.17, 15) is 14.9 Å². The quantitative estimate of drug-likeness (QED) is 0.612. The van der Waals surface area contributed by atoms with Crippen molar-refractivity contribution in [3.8, 4) is 0 Å². The van der Waals surface area contributed by atoms with E-state index in [0.29, 0.717) is 19.6 Å². The number of non-ortho nitro benzene ring substituents is 1. The highest BCUT2D eigenvalue weighted by Gasteiger charge is 2.30. The van der Waals surface area contributed by atoms with Gasteiger partial charge in [0.25, 0.3) is 5.69 Å². The smallest absolute Gasteiger partial charge is 0.410 e. The predicted molar refractivity (Wildman–Crippen MR) is 92.4 cm³/mol. The molecule has 132 valence electrons. The number of benzene rings is 1. The highest BCUT2D eigenvalue weighted by Crippen LogP contribution is 2.28. The first-order valence-corrected chi connectivity index (χ1v) is 8.08. The Labute approximate surface area is 142 Å². The van der Waals surface area contributed by atoms with Gasteiger partial charge in [0.15, 0.2) is 0 Å². The van der Waals surface area contributed by atoms with Crippen LogP contribution in [0.2, 0.25) is 0 Å². The second kappa shape index (κ2) is 6.67. The van der Waals surface area contributed by atoms with Gasteiger partial charge in [-0.05, 0) is 46.2 Å². The van der Waals surface area contributed by atoms with Gasteiger partial charge in [-0.3, -0.25) is 10.1 Å². The van der Waals surface area contributed by atoms with E-state index in [1.54, 1.807) is 17.0 Å². The molecule has 7 nitrogen and oxygen atoms in total. The van der Waals surface area contributed by atoms with Crippen molar-refractivity contribution in [2.45, 2.75) is 46.3 Å². The second-order valence-corrected chi connectivity index (χ2v) is 7.20. The number of carbonyl (C=O) groups excluding carboxylic acids is 1. The molecule has 0 aliphatic carbocycles. The molecule has 0 unspecified atom stereocenters. The van der Waals surface area contributed by atoms with Gasteiger partial charge < -0.3 is 14.5 Å². The van der Waals surface area contributed by atoms with Crippen LogP contribution in [0.25, 0.3) is 0 Å². The molecule has 2 rings (SSSR count). The topological polar surface area (TPSA) is 75.9 Å². The fourth-order valence-electron chi connectivity index (χ4n) is 2.88. The Morgan fingerprint density at radius 3 is 2.50 bits per heavy atom. The van der Waals surface area contributed by atoms with Gasteiger partial charge in [-0.25, -0.2) is 4.79 Å². The minimum Gasteiger partial charge on any atom is -0.444 e. The SMILES string of the molecule is Cc1cc([N+](=O)[O-])ccc1N1CCN(C(=O)OC(C)(C)C)C[C@@H]1C. The molecule has 0 aromatic heterocycles. The normalized spacial score (nSPS) is 18.5. The predicted octanol–water partition coefficient (Wildman–Crippen LogP) is 3.35. The summed E-state index contributed by atoms with van der Waals surface area (Å²) in [5.74, 6) is 0. The summed E-state index contributed by atoms with van der Waals surface area (Å²) in [4.78, 5) is 26.6. The molecule has 1 aromatic rings. The number of aryl methyl sites for hydroxylation is 1. The highest BCUT2D eigenvalue weighted by molar-refractivity contribution is 5.69. The number of anilines is 1. The van der Waals surface area contributed by atoms with Crippen molar-refractivity contribution in [2.75, 3.05) is 24.5 Å². The highest BCUT2D eigenvalue weighted by atomic mass is 16.6. The summed E-state index contributed by atoms with van der Waals surface area (Å²) in [6.07, 6.45) is -0.297. The van der Waals surface area contributed by atoms with Crippen molar-refractivity contribution in [1.82, 2.24) is 4.90 Å². The summed E-state index contributed by atoms with van der Waals surface area (Å²) < 4.78 is 5.43.